The van der Waals surface area contributed by atoms with E-state index in [-0.39, 0.29) is 5.92 Å². The molecule has 1 aliphatic rings. The van der Waals surface area contributed by atoms with Crippen LogP contribution in [0.1, 0.15) is 40.0 Å². The van der Waals surface area contributed by atoms with Gasteiger partial charge in [0.05, 0.1) is 12.9 Å². The van der Waals surface area contributed by atoms with Crippen molar-refractivity contribution in [3.05, 3.63) is 11.8 Å². The molecule has 1 N–H and O–H groups in total. The molecule has 4 heteroatoms. The molecule has 2 atom stereocenters. The van der Waals surface area contributed by atoms with E-state index in [1.165, 1.54) is 0 Å². The van der Waals surface area contributed by atoms with Crippen LogP contribution >= 0.6 is 0 Å². The second kappa shape index (κ2) is 6.05. The van der Waals surface area contributed by atoms with Gasteiger partial charge in [0.15, 0.2) is 5.60 Å². The number of hydrogen-bond donors (Lipinski definition) is 1. The number of aliphatic carboxylic acids is 1. The highest BCUT2D eigenvalue weighted by Crippen LogP contribution is 2.35. The normalized spacial score (nSPS) is 27.8. The Balaban J connectivity index is 2.32. The van der Waals surface area contributed by atoms with Crippen LogP contribution in [0, 0.1) is 5.92 Å². The van der Waals surface area contributed by atoms with Crippen LogP contribution in [-0.4, -0.2) is 29.9 Å². The molecule has 98 valence electrons. The lowest BCUT2D eigenvalue weighted by molar-refractivity contribution is -0.161. The van der Waals surface area contributed by atoms with Gasteiger partial charge in [0, 0.05) is 12.5 Å². The van der Waals surface area contributed by atoms with Crippen molar-refractivity contribution in [2.75, 3.05) is 13.2 Å². The molecule has 0 aromatic rings. The van der Waals surface area contributed by atoms with Crippen molar-refractivity contribution in [3.63, 3.8) is 0 Å². The molecule has 0 bridgehead atoms. The molecule has 0 aliphatic carbocycles. The number of rotatable bonds is 6. The van der Waals surface area contributed by atoms with E-state index in [1.54, 1.807) is 13.2 Å². The number of hydrogen-bond acceptors (Lipinski definition) is 3. The SMILES string of the molecule is CC(C)=COCCCC1CCOC1(C)C(=O)O. The highest BCUT2D eigenvalue weighted by Gasteiger charge is 2.46. The number of carbonyl (C=O) groups is 1. The maximum absolute atomic E-state index is 11.1. The molecular weight excluding hydrogens is 220 g/mol. The maximum Gasteiger partial charge on any atom is 0.335 e. The first-order valence-electron chi connectivity index (χ1n) is 6.09. The van der Waals surface area contributed by atoms with Crippen LogP contribution in [-0.2, 0) is 14.3 Å². The van der Waals surface area contributed by atoms with Crippen LogP contribution in [0.4, 0.5) is 0 Å². The Labute approximate surface area is 103 Å². The Morgan fingerprint density at radius 1 is 1.59 bits per heavy atom. The van der Waals surface area contributed by atoms with E-state index < -0.39 is 11.6 Å². The zero-order valence-corrected chi connectivity index (χ0v) is 10.9. The predicted octanol–water partition coefficient (Wildman–Crippen LogP) is 2.59. The third kappa shape index (κ3) is 3.73. The van der Waals surface area contributed by atoms with Gasteiger partial charge in [0.2, 0.25) is 0 Å². The molecule has 2 unspecified atom stereocenters. The van der Waals surface area contributed by atoms with E-state index in [2.05, 4.69) is 0 Å². The van der Waals surface area contributed by atoms with Gasteiger partial charge in [0.25, 0.3) is 0 Å². The molecule has 0 aromatic heterocycles. The summed E-state index contributed by atoms with van der Waals surface area (Å²) in [6, 6.07) is 0. The summed E-state index contributed by atoms with van der Waals surface area (Å²) in [5.74, 6) is -0.763. The van der Waals surface area contributed by atoms with Crippen molar-refractivity contribution in [2.45, 2.75) is 45.6 Å². The van der Waals surface area contributed by atoms with Crippen molar-refractivity contribution in [1.82, 2.24) is 0 Å². The fraction of sp³-hybridized carbons (Fsp3) is 0.769. The summed E-state index contributed by atoms with van der Waals surface area (Å²) >= 11 is 0. The average molecular weight is 242 g/mol. The van der Waals surface area contributed by atoms with Crippen LogP contribution in [0.3, 0.4) is 0 Å². The molecule has 0 spiro atoms. The maximum atomic E-state index is 11.1. The second-order valence-electron chi connectivity index (χ2n) is 4.95. The summed E-state index contributed by atoms with van der Waals surface area (Å²) < 4.78 is 10.7. The summed E-state index contributed by atoms with van der Waals surface area (Å²) in [4.78, 5) is 11.1. The van der Waals surface area contributed by atoms with Gasteiger partial charge in [0.1, 0.15) is 0 Å². The molecule has 0 aromatic carbocycles. The molecule has 1 fully saturated rings. The molecule has 4 nitrogen and oxygen atoms in total. The van der Waals surface area contributed by atoms with Gasteiger partial charge in [-0.15, -0.1) is 0 Å². The van der Waals surface area contributed by atoms with Crippen LogP contribution in [0.25, 0.3) is 0 Å². The molecule has 0 saturated carbocycles. The van der Waals surface area contributed by atoms with E-state index >= 15 is 0 Å². The second-order valence-corrected chi connectivity index (χ2v) is 4.95. The zero-order valence-electron chi connectivity index (χ0n) is 10.9. The molecule has 0 amide bonds. The molecule has 0 radical (unpaired) electrons. The van der Waals surface area contributed by atoms with E-state index in [4.69, 9.17) is 14.6 Å². The predicted molar refractivity (Wildman–Crippen MR) is 64.7 cm³/mol. The van der Waals surface area contributed by atoms with E-state index in [1.807, 2.05) is 13.8 Å². The Hall–Kier alpha value is -1.03. The Morgan fingerprint density at radius 3 is 2.88 bits per heavy atom. The van der Waals surface area contributed by atoms with Crippen molar-refractivity contribution in [2.24, 2.45) is 5.92 Å². The number of carboxylic acid groups (broad SMARTS) is 1. The van der Waals surface area contributed by atoms with Crippen LogP contribution in [0.15, 0.2) is 11.8 Å². The number of ether oxygens (including phenoxy) is 2. The quantitative estimate of drug-likeness (QED) is 0.574. The molecule has 1 aliphatic heterocycles. The highest BCUT2D eigenvalue weighted by molar-refractivity contribution is 5.77. The molecule has 1 heterocycles. The molecule has 1 saturated heterocycles. The van der Waals surface area contributed by atoms with E-state index in [9.17, 15) is 4.79 Å². The van der Waals surface area contributed by atoms with Crippen LogP contribution < -0.4 is 0 Å². The lowest BCUT2D eigenvalue weighted by atomic mass is 9.85. The molecule has 17 heavy (non-hydrogen) atoms. The Kier molecular flexibility index (Phi) is 5.00. The van der Waals surface area contributed by atoms with Gasteiger partial charge in [-0.25, -0.2) is 4.79 Å². The minimum Gasteiger partial charge on any atom is -0.501 e. The first-order chi connectivity index (χ1) is 7.97. The first-order valence-corrected chi connectivity index (χ1v) is 6.09. The van der Waals surface area contributed by atoms with Gasteiger partial charge in [-0.3, -0.25) is 0 Å². The first kappa shape index (κ1) is 14.0. The van der Waals surface area contributed by atoms with Crippen molar-refractivity contribution in [3.8, 4) is 0 Å². The van der Waals surface area contributed by atoms with Gasteiger partial charge in [-0.1, -0.05) is 0 Å². The summed E-state index contributed by atoms with van der Waals surface area (Å²) in [5.41, 5.74) is 0.126. The Bertz CT molecular complexity index is 294. The van der Waals surface area contributed by atoms with E-state index in [0.717, 1.165) is 24.8 Å². The lowest BCUT2D eigenvalue weighted by Crippen LogP contribution is -2.40. The smallest absolute Gasteiger partial charge is 0.335 e. The third-order valence-electron chi connectivity index (χ3n) is 3.21. The minimum absolute atomic E-state index is 0.0929. The summed E-state index contributed by atoms with van der Waals surface area (Å²) in [6.45, 7) is 6.81. The lowest BCUT2D eigenvalue weighted by Gasteiger charge is -2.25. The van der Waals surface area contributed by atoms with Crippen molar-refractivity contribution in [1.29, 1.82) is 0 Å². The van der Waals surface area contributed by atoms with Gasteiger partial charge < -0.3 is 14.6 Å². The van der Waals surface area contributed by atoms with Gasteiger partial charge >= 0.3 is 5.97 Å². The third-order valence-corrected chi connectivity index (χ3v) is 3.21. The average Bonchev–Trinajstić information content (AvgIpc) is 2.61. The summed E-state index contributed by atoms with van der Waals surface area (Å²) in [5, 5.41) is 9.15. The van der Waals surface area contributed by atoms with Gasteiger partial charge in [-0.2, -0.15) is 0 Å². The van der Waals surface area contributed by atoms with Crippen LogP contribution in [0.5, 0.6) is 0 Å². The number of carboxylic acids is 1. The van der Waals surface area contributed by atoms with Gasteiger partial charge in [-0.05, 0) is 45.6 Å². The van der Waals surface area contributed by atoms with E-state index in [0.29, 0.717) is 13.2 Å². The summed E-state index contributed by atoms with van der Waals surface area (Å²) in [7, 11) is 0. The van der Waals surface area contributed by atoms with Crippen molar-refractivity contribution < 1.29 is 19.4 Å². The number of allylic oxidation sites excluding steroid dienone is 1. The summed E-state index contributed by atoms with van der Waals surface area (Å²) in [6.07, 6.45) is 4.26. The van der Waals surface area contributed by atoms with Crippen molar-refractivity contribution >= 4 is 5.97 Å². The standard InChI is InChI=1S/C13H22O4/c1-10(2)9-16-7-4-5-11-6-8-17-13(11,3)12(14)15/h9,11H,4-8H2,1-3H3,(H,14,15). The molecule has 1 rings (SSSR count). The molecular formula is C13H22O4. The Morgan fingerprint density at radius 2 is 2.29 bits per heavy atom. The fourth-order valence-corrected chi connectivity index (χ4v) is 2.10. The zero-order chi connectivity index (χ0) is 12.9. The monoisotopic (exact) mass is 242 g/mol. The fourth-order valence-electron chi connectivity index (χ4n) is 2.10. The topological polar surface area (TPSA) is 55.8 Å². The minimum atomic E-state index is -1.00. The largest absolute Gasteiger partial charge is 0.501 e. The highest BCUT2D eigenvalue weighted by atomic mass is 16.5. The van der Waals surface area contributed by atoms with Crippen LogP contribution in [0.2, 0.25) is 0 Å².